The number of fused-ring (bicyclic) bond motifs is 1. The summed E-state index contributed by atoms with van der Waals surface area (Å²) in [5.74, 6) is 2.65. The maximum Gasteiger partial charge on any atom is 0.203 e. The van der Waals surface area contributed by atoms with Gasteiger partial charge in [-0.1, -0.05) is 0 Å². The molecule has 7 heteroatoms. The van der Waals surface area contributed by atoms with Gasteiger partial charge in [-0.2, -0.15) is 0 Å². The molecule has 3 rings (SSSR count). The van der Waals surface area contributed by atoms with Crippen LogP contribution in [0.15, 0.2) is 12.1 Å². The molecule has 0 saturated carbocycles. The van der Waals surface area contributed by atoms with Gasteiger partial charge >= 0.3 is 0 Å². The molecule has 0 radical (unpaired) electrons. The van der Waals surface area contributed by atoms with E-state index in [4.69, 9.17) is 26.4 Å². The Bertz CT molecular complexity index is 779. The van der Waals surface area contributed by atoms with E-state index in [0.29, 0.717) is 22.0 Å². The fourth-order valence-electron chi connectivity index (χ4n) is 2.99. The van der Waals surface area contributed by atoms with E-state index < -0.39 is 0 Å². The lowest BCUT2D eigenvalue weighted by atomic mass is 10.0. The first-order valence-corrected chi connectivity index (χ1v) is 8.26. The fourth-order valence-corrected chi connectivity index (χ4v) is 3.19. The number of aromatic amines is 1. The molecule has 1 aromatic carbocycles. The zero-order valence-corrected chi connectivity index (χ0v) is 14.9. The molecule has 2 aromatic rings. The second kappa shape index (κ2) is 7.09. The maximum atomic E-state index is 5.46. The van der Waals surface area contributed by atoms with Crippen LogP contribution >= 0.6 is 12.2 Å². The largest absolute Gasteiger partial charge is 0.493 e. The Morgan fingerprint density at radius 2 is 1.75 bits per heavy atom. The minimum Gasteiger partial charge on any atom is -0.493 e. The van der Waals surface area contributed by atoms with Crippen molar-refractivity contribution in [3.63, 3.8) is 0 Å². The zero-order chi connectivity index (χ0) is 17.1. The minimum atomic E-state index is 0.451. The first-order chi connectivity index (χ1) is 11.7. The zero-order valence-electron chi connectivity index (χ0n) is 14.1. The lowest BCUT2D eigenvalue weighted by Gasteiger charge is -2.17. The van der Waals surface area contributed by atoms with Gasteiger partial charge in [-0.25, -0.2) is 4.98 Å². The summed E-state index contributed by atoms with van der Waals surface area (Å²) in [7, 11) is 4.81. The van der Waals surface area contributed by atoms with Gasteiger partial charge in [0, 0.05) is 17.7 Å². The Labute approximate surface area is 146 Å². The third-order valence-corrected chi connectivity index (χ3v) is 4.33. The third kappa shape index (κ3) is 3.03. The lowest BCUT2D eigenvalue weighted by molar-refractivity contribution is 0.324. The topological polar surface area (TPSA) is 68.4 Å². The van der Waals surface area contributed by atoms with Crippen LogP contribution in [0.25, 0.3) is 11.3 Å². The Hall–Kier alpha value is -2.28. The molecule has 0 aliphatic carbocycles. The molecular formula is C17H21N3O3S. The quantitative estimate of drug-likeness (QED) is 0.824. The molecule has 0 unspecified atom stereocenters. The first kappa shape index (κ1) is 16.6. The van der Waals surface area contributed by atoms with E-state index in [1.807, 2.05) is 12.1 Å². The third-order valence-electron chi connectivity index (χ3n) is 4.13. The van der Waals surface area contributed by atoms with Crippen molar-refractivity contribution in [2.45, 2.75) is 19.3 Å². The Morgan fingerprint density at radius 1 is 1.04 bits per heavy atom. The van der Waals surface area contributed by atoms with Crippen molar-refractivity contribution in [3.8, 4) is 28.5 Å². The van der Waals surface area contributed by atoms with E-state index >= 15 is 0 Å². The van der Waals surface area contributed by atoms with Crippen molar-refractivity contribution in [2.24, 2.45) is 0 Å². The molecular weight excluding hydrogens is 326 g/mol. The van der Waals surface area contributed by atoms with Crippen LogP contribution in [0.2, 0.25) is 0 Å². The van der Waals surface area contributed by atoms with E-state index in [2.05, 4.69) is 15.3 Å². The molecule has 1 aromatic heterocycles. The molecule has 0 amide bonds. The summed E-state index contributed by atoms with van der Waals surface area (Å²) in [5, 5.41) is 3.37. The summed E-state index contributed by atoms with van der Waals surface area (Å²) < 4.78 is 16.8. The van der Waals surface area contributed by atoms with Crippen LogP contribution < -0.4 is 19.5 Å². The Kier molecular flexibility index (Phi) is 4.89. The van der Waals surface area contributed by atoms with Crippen LogP contribution in [0.5, 0.6) is 17.2 Å². The summed E-state index contributed by atoms with van der Waals surface area (Å²) in [6.45, 7) is 0.910. The van der Waals surface area contributed by atoms with Crippen molar-refractivity contribution in [1.29, 1.82) is 0 Å². The van der Waals surface area contributed by atoms with Gasteiger partial charge in [-0.3, -0.25) is 0 Å². The smallest absolute Gasteiger partial charge is 0.203 e. The molecule has 0 saturated heterocycles. The second-order valence-corrected chi connectivity index (χ2v) is 5.93. The van der Waals surface area contributed by atoms with Crippen molar-refractivity contribution in [1.82, 2.24) is 9.97 Å². The summed E-state index contributed by atoms with van der Waals surface area (Å²) >= 11 is 5.31. The number of nitrogens with one attached hydrogen (secondary N) is 2. The van der Waals surface area contributed by atoms with Crippen LogP contribution in [-0.4, -0.2) is 37.8 Å². The van der Waals surface area contributed by atoms with Crippen LogP contribution in [0.3, 0.4) is 0 Å². The van der Waals surface area contributed by atoms with Gasteiger partial charge in [-0.05, 0) is 43.6 Å². The molecule has 0 atom stereocenters. The molecule has 128 valence electrons. The van der Waals surface area contributed by atoms with Gasteiger partial charge in [0.05, 0.1) is 27.0 Å². The van der Waals surface area contributed by atoms with Crippen molar-refractivity contribution >= 4 is 18.0 Å². The highest BCUT2D eigenvalue weighted by Gasteiger charge is 2.19. The van der Waals surface area contributed by atoms with E-state index in [9.17, 15) is 0 Å². The minimum absolute atomic E-state index is 0.451. The highest BCUT2D eigenvalue weighted by molar-refractivity contribution is 7.71. The van der Waals surface area contributed by atoms with Crippen molar-refractivity contribution < 1.29 is 14.2 Å². The van der Waals surface area contributed by atoms with Crippen molar-refractivity contribution in [3.05, 3.63) is 22.5 Å². The highest BCUT2D eigenvalue weighted by atomic mass is 32.1. The van der Waals surface area contributed by atoms with Crippen LogP contribution in [0.4, 0.5) is 5.82 Å². The number of anilines is 1. The first-order valence-electron chi connectivity index (χ1n) is 7.85. The molecule has 6 nitrogen and oxygen atoms in total. The lowest BCUT2D eigenvalue weighted by Crippen LogP contribution is -2.05. The number of hydrogen-bond donors (Lipinski definition) is 2. The molecule has 24 heavy (non-hydrogen) atoms. The average Bonchev–Trinajstić information content (AvgIpc) is 2.84. The summed E-state index contributed by atoms with van der Waals surface area (Å²) in [5.41, 5.74) is 3.01. The standard InChI is InChI=1S/C17H21N3O3S/c1-21-12-8-10(9-13(22-2)15(12)23-3)14-11-6-4-5-7-18-16(11)20-17(24)19-14/h8-9H,4-7H2,1-3H3,(H2,18,19,20,24). The van der Waals surface area contributed by atoms with E-state index in [-0.39, 0.29) is 0 Å². The number of benzene rings is 1. The SMILES string of the molecule is COc1cc(-c2[nH]c(=S)nc3c2CCCCN3)cc(OC)c1OC. The van der Waals surface area contributed by atoms with Gasteiger partial charge in [0.1, 0.15) is 5.82 Å². The summed E-state index contributed by atoms with van der Waals surface area (Å²) in [6.07, 6.45) is 3.15. The maximum absolute atomic E-state index is 5.46. The van der Waals surface area contributed by atoms with Crippen LogP contribution in [0, 0.1) is 4.77 Å². The van der Waals surface area contributed by atoms with Gasteiger partial charge < -0.3 is 24.5 Å². The predicted molar refractivity (Wildman–Crippen MR) is 95.9 cm³/mol. The Balaban J connectivity index is 2.22. The molecule has 0 fully saturated rings. The van der Waals surface area contributed by atoms with Crippen LogP contribution in [0.1, 0.15) is 18.4 Å². The molecule has 0 spiro atoms. The van der Waals surface area contributed by atoms with Gasteiger partial charge in [0.2, 0.25) is 5.75 Å². The second-order valence-electron chi connectivity index (χ2n) is 5.54. The number of methoxy groups -OCH3 is 3. The number of ether oxygens (including phenoxy) is 3. The number of rotatable bonds is 4. The highest BCUT2D eigenvalue weighted by Crippen LogP contribution is 2.42. The van der Waals surface area contributed by atoms with E-state index in [1.54, 1.807) is 21.3 Å². The van der Waals surface area contributed by atoms with Gasteiger partial charge in [0.25, 0.3) is 0 Å². The number of hydrogen-bond acceptors (Lipinski definition) is 6. The molecule has 2 N–H and O–H groups in total. The molecule has 0 bridgehead atoms. The van der Waals surface area contributed by atoms with Crippen molar-refractivity contribution in [2.75, 3.05) is 33.2 Å². The molecule has 1 aliphatic heterocycles. The number of nitrogens with zero attached hydrogens (tertiary/aromatic N) is 1. The van der Waals surface area contributed by atoms with Gasteiger partial charge in [-0.15, -0.1) is 0 Å². The number of H-pyrrole nitrogens is 1. The van der Waals surface area contributed by atoms with Crippen LogP contribution in [-0.2, 0) is 6.42 Å². The molecule has 2 heterocycles. The normalized spacial score (nSPS) is 13.5. The number of aromatic nitrogens is 2. The van der Waals surface area contributed by atoms with E-state index in [1.165, 1.54) is 0 Å². The summed E-state index contributed by atoms with van der Waals surface area (Å²) in [6, 6.07) is 3.85. The summed E-state index contributed by atoms with van der Waals surface area (Å²) in [4.78, 5) is 7.67. The predicted octanol–water partition coefficient (Wildman–Crippen LogP) is 3.58. The average molecular weight is 347 g/mol. The molecule has 1 aliphatic rings. The van der Waals surface area contributed by atoms with E-state index in [0.717, 1.165) is 48.4 Å². The fraction of sp³-hybridized carbons (Fsp3) is 0.412. The monoisotopic (exact) mass is 347 g/mol. The van der Waals surface area contributed by atoms with Gasteiger partial charge in [0.15, 0.2) is 16.3 Å². The Morgan fingerprint density at radius 3 is 2.38 bits per heavy atom.